The van der Waals surface area contributed by atoms with Gasteiger partial charge in [0.1, 0.15) is 5.82 Å². The number of hydrazine groups is 1. The van der Waals surface area contributed by atoms with E-state index in [2.05, 4.69) is 10.3 Å². The highest BCUT2D eigenvalue weighted by Gasteiger charge is 2.11. The first-order valence-electron chi connectivity index (χ1n) is 5.57. The van der Waals surface area contributed by atoms with Crippen LogP contribution < -0.4 is 11.3 Å². The molecule has 0 spiro atoms. The predicted octanol–water partition coefficient (Wildman–Crippen LogP) is 1.81. The van der Waals surface area contributed by atoms with E-state index in [1.807, 2.05) is 14.1 Å². The van der Waals surface area contributed by atoms with E-state index in [0.717, 1.165) is 13.0 Å². The summed E-state index contributed by atoms with van der Waals surface area (Å²) in [6.07, 6.45) is 1.40. The SMILES string of the molecule is CN(C)CCC(Cc1cc(Cl)ccc1F)NN. The number of hydrogen-bond acceptors (Lipinski definition) is 3. The molecule has 0 saturated heterocycles. The van der Waals surface area contributed by atoms with Crippen LogP contribution in [-0.2, 0) is 6.42 Å². The van der Waals surface area contributed by atoms with Crippen LogP contribution in [-0.4, -0.2) is 31.6 Å². The van der Waals surface area contributed by atoms with Crippen molar-refractivity contribution in [1.82, 2.24) is 10.3 Å². The predicted molar refractivity (Wildman–Crippen MR) is 69.4 cm³/mol. The van der Waals surface area contributed by atoms with Crippen molar-refractivity contribution in [1.29, 1.82) is 0 Å². The largest absolute Gasteiger partial charge is 0.309 e. The highest BCUT2D eigenvalue weighted by Crippen LogP contribution is 2.17. The quantitative estimate of drug-likeness (QED) is 0.605. The number of hydrogen-bond donors (Lipinski definition) is 2. The molecule has 0 bridgehead atoms. The van der Waals surface area contributed by atoms with Gasteiger partial charge in [0.2, 0.25) is 0 Å². The molecule has 0 saturated carbocycles. The summed E-state index contributed by atoms with van der Waals surface area (Å²) in [6, 6.07) is 4.63. The van der Waals surface area contributed by atoms with E-state index in [9.17, 15) is 4.39 Å². The van der Waals surface area contributed by atoms with Gasteiger partial charge in [-0.05, 0) is 57.2 Å². The van der Waals surface area contributed by atoms with Crippen LogP contribution in [0, 0.1) is 5.82 Å². The van der Waals surface area contributed by atoms with Gasteiger partial charge in [-0.1, -0.05) is 11.6 Å². The molecule has 3 nitrogen and oxygen atoms in total. The van der Waals surface area contributed by atoms with Gasteiger partial charge in [0, 0.05) is 11.1 Å². The van der Waals surface area contributed by atoms with E-state index in [1.54, 1.807) is 12.1 Å². The summed E-state index contributed by atoms with van der Waals surface area (Å²) >= 11 is 5.84. The van der Waals surface area contributed by atoms with Crippen LogP contribution in [0.25, 0.3) is 0 Å². The van der Waals surface area contributed by atoms with Crippen molar-refractivity contribution >= 4 is 11.6 Å². The first-order valence-corrected chi connectivity index (χ1v) is 5.95. The van der Waals surface area contributed by atoms with Crippen molar-refractivity contribution < 1.29 is 4.39 Å². The average Bonchev–Trinajstić information content (AvgIpc) is 2.28. The van der Waals surface area contributed by atoms with E-state index >= 15 is 0 Å². The fourth-order valence-electron chi connectivity index (χ4n) is 1.62. The number of nitrogens with two attached hydrogens (primary N) is 1. The van der Waals surface area contributed by atoms with Crippen LogP contribution in [0.4, 0.5) is 4.39 Å². The highest BCUT2D eigenvalue weighted by atomic mass is 35.5. The van der Waals surface area contributed by atoms with E-state index in [0.29, 0.717) is 17.0 Å². The van der Waals surface area contributed by atoms with Crippen LogP contribution in [0.1, 0.15) is 12.0 Å². The standard InChI is InChI=1S/C12H19ClFN3/c1-17(2)6-5-11(16-15)8-9-7-10(13)3-4-12(9)14/h3-4,7,11,16H,5-6,8,15H2,1-2H3. The zero-order valence-electron chi connectivity index (χ0n) is 10.2. The minimum absolute atomic E-state index is 0.0466. The maximum Gasteiger partial charge on any atom is 0.126 e. The molecule has 17 heavy (non-hydrogen) atoms. The number of nitrogens with zero attached hydrogens (tertiary/aromatic N) is 1. The minimum Gasteiger partial charge on any atom is -0.309 e. The summed E-state index contributed by atoms with van der Waals surface area (Å²) in [5, 5.41) is 0.546. The van der Waals surface area contributed by atoms with Crippen LogP contribution in [0.15, 0.2) is 18.2 Å². The summed E-state index contributed by atoms with van der Waals surface area (Å²) < 4.78 is 13.5. The van der Waals surface area contributed by atoms with Gasteiger partial charge < -0.3 is 4.90 Å². The molecule has 1 aromatic rings. The molecule has 0 aliphatic heterocycles. The van der Waals surface area contributed by atoms with Crippen molar-refractivity contribution in [2.75, 3.05) is 20.6 Å². The third-order valence-electron chi connectivity index (χ3n) is 2.63. The van der Waals surface area contributed by atoms with Crippen LogP contribution in [0.2, 0.25) is 5.02 Å². The summed E-state index contributed by atoms with van der Waals surface area (Å²) in [7, 11) is 3.99. The Kier molecular flexibility index (Phi) is 5.85. The summed E-state index contributed by atoms with van der Waals surface area (Å²) in [4.78, 5) is 2.07. The molecule has 1 aromatic carbocycles. The third kappa shape index (κ3) is 5.00. The first kappa shape index (κ1) is 14.4. The average molecular weight is 260 g/mol. The molecule has 0 fully saturated rings. The molecule has 5 heteroatoms. The van der Waals surface area contributed by atoms with Crippen molar-refractivity contribution in [2.45, 2.75) is 18.9 Å². The van der Waals surface area contributed by atoms with Crippen LogP contribution in [0.5, 0.6) is 0 Å². The van der Waals surface area contributed by atoms with Gasteiger partial charge in [0.15, 0.2) is 0 Å². The Morgan fingerprint density at radius 2 is 2.18 bits per heavy atom. The Morgan fingerprint density at radius 3 is 2.76 bits per heavy atom. The van der Waals surface area contributed by atoms with E-state index in [-0.39, 0.29) is 11.9 Å². The van der Waals surface area contributed by atoms with Crippen LogP contribution in [0.3, 0.4) is 0 Å². The Bertz CT molecular complexity index is 358. The van der Waals surface area contributed by atoms with Crippen molar-refractivity contribution in [3.8, 4) is 0 Å². The first-order chi connectivity index (χ1) is 8.02. The molecule has 0 radical (unpaired) electrons. The molecule has 0 amide bonds. The van der Waals surface area contributed by atoms with E-state index < -0.39 is 0 Å². The maximum atomic E-state index is 13.5. The Labute approximate surface area is 107 Å². The summed E-state index contributed by atoms with van der Waals surface area (Å²) in [5.41, 5.74) is 3.31. The second-order valence-electron chi connectivity index (χ2n) is 4.40. The lowest BCUT2D eigenvalue weighted by Crippen LogP contribution is -2.39. The Hall–Kier alpha value is -0.680. The molecule has 1 atom stereocenters. The number of rotatable bonds is 6. The third-order valence-corrected chi connectivity index (χ3v) is 2.87. The summed E-state index contributed by atoms with van der Waals surface area (Å²) in [5.74, 6) is 5.23. The maximum absolute atomic E-state index is 13.5. The van der Waals surface area contributed by atoms with Gasteiger partial charge in [-0.2, -0.15) is 0 Å². The fraction of sp³-hybridized carbons (Fsp3) is 0.500. The van der Waals surface area contributed by atoms with Crippen molar-refractivity contribution in [2.24, 2.45) is 5.84 Å². The van der Waals surface area contributed by atoms with E-state index in [1.165, 1.54) is 6.07 Å². The second-order valence-corrected chi connectivity index (χ2v) is 4.83. The topological polar surface area (TPSA) is 41.3 Å². The lowest BCUT2D eigenvalue weighted by atomic mass is 10.0. The van der Waals surface area contributed by atoms with Crippen LogP contribution >= 0.6 is 11.6 Å². The lowest BCUT2D eigenvalue weighted by Gasteiger charge is -2.18. The van der Waals surface area contributed by atoms with Gasteiger partial charge in [0.05, 0.1) is 0 Å². The highest BCUT2D eigenvalue weighted by molar-refractivity contribution is 6.30. The van der Waals surface area contributed by atoms with Gasteiger partial charge in [-0.3, -0.25) is 11.3 Å². The summed E-state index contributed by atoms with van der Waals surface area (Å²) in [6.45, 7) is 0.900. The van der Waals surface area contributed by atoms with Gasteiger partial charge in [-0.15, -0.1) is 0 Å². The minimum atomic E-state index is -0.237. The van der Waals surface area contributed by atoms with Gasteiger partial charge >= 0.3 is 0 Å². The zero-order chi connectivity index (χ0) is 12.8. The molecule has 3 N–H and O–H groups in total. The number of halogens is 2. The molecular formula is C12H19ClFN3. The normalized spacial score (nSPS) is 13.1. The van der Waals surface area contributed by atoms with Crippen molar-refractivity contribution in [3.05, 3.63) is 34.6 Å². The lowest BCUT2D eigenvalue weighted by molar-refractivity contribution is 0.357. The molecule has 1 rings (SSSR count). The second kappa shape index (κ2) is 6.91. The zero-order valence-corrected chi connectivity index (χ0v) is 11.0. The van der Waals surface area contributed by atoms with Gasteiger partial charge in [0.25, 0.3) is 0 Å². The Morgan fingerprint density at radius 1 is 1.47 bits per heavy atom. The Balaban J connectivity index is 2.63. The molecule has 96 valence electrons. The fourth-order valence-corrected chi connectivity index (χ4v) is 1.82. The molecule has 0 aromatic heterocycles. The molecular weight excluding hydrogens is 241 g/mol. The number of benzene rings is 1. The number of nitrogens with one attached hydrogen (secondary N) is 1. The smallest absolute Gasteiger partial charge is 0.126 e. The van der Waals surface area contributed by atoms with Gasteiger partial charge in [-0.25, -0.2) is 4.39 Å². The molecule has 0 aliphatic carbocycles. The molecule has 0 aliphatic rings. The molecule has 1 unspecified atom stereocenters. The van der Waals surface area contributed by atoms with Crippen molar-refractivity contribution in [3.63, 3.8) is 0 Å². The monoisotopic (exact) mass is 259 g/mol. The molecule has 0 heterocycles. The van der Waals surface area contributed by atoms with E-state index in [4.69, 9.17) is 17.4 Å².